The largest absolute Gasteiger partial charge is 0.552 e. The fourth-order valence-corrected chi connectivity index (χ4v) is 5.13. The summed E-state index contributed by atoms with van der Waals surface area (Å²) < 4.78 is 35.0. The second-order valence-electron chi connectivity index (χ2n) is 7.25. The minimum atomic E-state index is -3.44. The molecule has 0 aromatic carbocycles. The van der Waals surface area contributed by atoms with Gasteiger partial charge in [0.05, 0.1) is 6.20 Å². The molecule has 2 saturated carbocycles. The monoisotopic (exact) mass is 374 g/mol. The van der Waals surface area contributed by atoms with Crippen molar-refractivity contribution in [3.05, 3.63) is 30.0 Å². The van der Waals surface area contributed by atoms with E-state index in [4.69, 9.17) is 4.65 Å². The predicted molar refractivity (Wildman–Crippen MR) is 97.4 cm³/mol. The number of rotatable bonds is 5. The molecule has 1 aliphatic heterocycles. The maximum absolute atomic E-state index is 12.0. The van der Waals surface area contributed by atoms with Gasteiger partial charge in [-0.15, -0.1) is 0 Å². The van der Waals surface area contributed by atoms with Gasteiger partial charge in [0, 0.05) is 29.2 Å². The average molecular weight is 374 g/mol. The first-order chi connectivity index (χ1) is 12.5. The summed E-state index contributed by atoms with van der Waals surface area (Å²) in [6, 6.07) is 1.94. The van der Waals surface area contributed by atoms with E-state index in [1.807, 2.05) is 12.3 Å². The van der Waals surface area contributed by atoms with E-state index < -0.39 is 17.3 Å². The van der Waals surface area contributed by atoms with Crippen LogP contribution in [0.4, 0.5) is 0 Å². The van der Waals surface area contributed by atoms with E-state index in [0.717, 1.165) is 35.0 Å². The van der Waals surface area contributed by atoms with Crippen molar-refractivity contribution in [2.24, 2.45) is 5.92 Å². The molecule has 2 fully saturated rings. The number of nitrogens with zero attached hydrogens (tertiary/aromatic N) is 1. The molecular formula is C16H19BN4O4S. The van der Waals surface area contributed by atoms with Crippen molar-refractivity contribution in [3.63, 3.8) is 0 Å². The van der Waals surface area contributed by atoms with Crippen molar-refractivity contribution >= 4 is 33.9 Å². The van der Waals surface area contributed by atoms with Gasteiger partial charge in [-0.05, 0) is 49.2 Å². The number of aromatic nitrogens is 2. The Morgan fingerprint density at radius 3 is 2.81 bits per heavy atom. The summed E-state index contributed by atoms with van der Waals surface area (Å²) in [5, 5.41) is 11.0. The molecule has 0 unspecified atom stereocenters. The fourth-order valence-electron chi connectivity index (χ4n) is 3.76. The normalized spacial score (nSPS) is 25.4. The number of H-pyrrole nitrogens is 1. The Bertz CT molecular complexity index is 995. The number of nitrogens with one attached hydrogen (secondary N) is 3. The molecule has 2 aliphatic carbocycles. The van der Waals surface area contributed by atoms with Gasteiger partial charge < -0.3 is 14.7 Å². The standard InChI is InChI=1S/C16H19BN4O4S/c22-17-7-13(15-12-3-4-18-16(12)19-8-14(15)25-17)9-5-11(6-9)21-26(23,24)20-10-1-2-10/h3-4,7-11,20-22H,1-2,5-6H2,(H,18,19)/t9-,11+. The Balaban J connectivity index is 1.36. The number of hydrogen-bond acceptors (Lipinski definition) is 5. The summed E-state index contributed by atoms with van der Waals surface area (Å²) >= 11 is 0. The summed E-state index contributed by atoms with van der Waals surface area (Å²) in [7, 11) is -4.45. The fraction of sp³-hybridized carbons (Fsp3) is 0.438. The topological polar surface area (TPSA) is 116 Å². The third-order valence-corrected chi connectivity index (χ3v) is 6.50. The molecular weight excluding hydrogens is 355 g/mol. The van der Waals surface area contributed by atoms with E-state index in [1.54, 1.807) is 12.2 Å². The molecule has 0 spiro atoms. The highest BCUT2D eigenvalue weighted by Gasteiger charge is 2.39. The van der Waals surface area contributed by atoms with Gasteiger partial charge in [-0.2, -0.15) is 17.9 Å². The van der Waals surface area contributed by atoms with E-state index in [9.17, 15) is 13.4 Å². The predicted octanol–water partition coefficient (Wildman–Crippen LogP) is 0.723. The molecule has 0 saturated heterocycles. The maximum Gasteiger partial charge on any atom is 0.552 e. The number of aromatic amines is 1. The van der Waals surface area contributed by atoms with Gasteiger partial charge in [0.2, 0.25) is 0 Å². The van der Waals surface area contributed by atoms with Crippen molar-refractivity contribution in [1.29, 1.82) is 0 Å². The summed E-state index contributed by atoms with van der Waals surface area (Å²) in [5.41, 5.74) is 2.69. The molecule has 0 bridgehead atoms. The quantitative estimate of drug-likeness (QED) is 0.576. The first-order valence-electron chi connectivity index (χ1n) is 8.81. The Labute approximate surface area is 151 Å². The zero-order valence-electron chi connectivity index (χ0n) is 14.0. The molecule has 8 nitrogen and oxygen atoms in total. The molecule has 2 aromatic heterocycles. The Morgan fingerprint density at radius 1 is 1.27 bits per heavy atom. The lowest BCUT2D eigenvalue weighted by Gasteiger charge is -2.39. The van der Waals surface area contributed by atoms with Gasteiger partial charge in [0.15, 0.2) is 0 Å². The van der Waals surface area contributed by atoms with Crippen LogP contribution < -0.4 is 14.1 Å². The first kappa shape index (κ1) is 16.3. The molecule has 0 radical (unpaired) electrons. The summed E-state index contributed by atoms with van der Waals surface area (Å²) in [6.45, 7) is 0. The van der Waals surface area contributed by atoms with Crippen LogP contribution in [0, 0.1) is 5.92 Å². The van der Waals surface area contributed by atoms with Crippen LogP contribution in [0.5, 0.6) is 5.75 Å². The molecule has 3 heterocycles. The SMILES string of the molecule is O=S(=O)(NC1CC1)N[C@H]1C[C@@H](C2=CB(O)Oc3cnc4[nH]ccc4c32)C1. The molecule has 0 amide bonds. The second-order valence-corrected chi connectivity index (χ2v) is 8.72. The van der Waals surface area contributed by atoms with Gasteiger partial charge in [-0.3, -0.25) is 0 Å². The zero-order chi connectivity index (χ0) is 17.9. The minimum absolute atomic E-state index is 0.0934. The van der Waals surface area contributed by atoms with Crippen LogP contribution in [0.25, 0.3) is 16.6 Å². The minimum Gasteiger partial charge on any atom is -0.531 e. The smallest absolute Gasteiger partial charge is 0.531 e. The van der Waals surface area contributed by atoms with Crippen molar-refractivity contribution in [2.75, 3.05) is 0 Å². The molecule has 5 rings (SSSR count). The lowest BCUT2D eigenvalue weighted by Crippen LogP contribution is -2.49. The van der Waals surface area contributed by atoms with E-state index in [0.29, 0.717) is 18.6 Å². The molecule has 136 valence electrons. The van der Waals surface area contributed by atoms with Gasteiger partial charge >= 0.3 is 7.12 Å². The summed E-state index contributed by atoms with van der Waals surface area (Å²) in [5.74, 6) is 2.44. The van der Waals surface area contributed by atoms with Crippen LogP contribution in [0.2, 0.25) is 0 Å². The van der Waals surface area contributed by atoms with E-state index in [-0.39, 0.29) is 18.0 Å². The number of allylic oxidation sites excluding steroid dienone is 1. The Kier molecular flexibility index (Phi) is 3.65. The van der Waals surface area contributed by atoms with Crippen LogP contribution in [-0.4, -0.2) is 42.6 Å². The Morgan fingerprint density at radius 2 is 2.04 bits per heavy atom. The van der Waals surface area contributed by atoms with Crippen LogP contribution in [-0.2, 0) is 10.2 Å². The molecule has 2 aromatic rings. The van der Waals surface area contributed by atoms with Crippen molar-refractivity contribution < 1.29 is 18.1 Å². The highest BCUT2D eigenvalue weighted by Crippen LogP contribution is 2.46. The van der Waals surface area contributed by atoms with Gasteiger partial charge in [0.25, 0.3) is 10.2 Å². The van der Waals surface area contributed by atoms with Crippen LogP contribution in [0.15, 0.2) is 24.4 Å². The third-order valence-electron chi connectivity index (χ3n) is 5.21. The Hall–Kier alpha value is -1.88. The van der Waals surface area contributed by atoms with Crippen LogP contribution in [0.1, 0.15) is 31.2 Å². The summed E-state index contributed by atoms with van der Waals surface area (Å²) in [4.78, 5) is 7.39. The van der Waals surface area contributed by atoms with Gasteiger partial charge in [-0.25, -0.2) is 4.98 Å². The highest BCUT2D eigenvalue weighted by atomic mass is 32.2. The maximum atomic E-state index is 12.0. The van der Waals surface area contributed by atoms with E-state index in [2.05, 4.69) is 19.4 Å². The number of pyridine rings is 1. The van der Waals surface area contributed by atoms with Crippen molar-refractivity contribution in [3.8, 4) is 5.75 Å². The lowest BCUT2D eigenvalue weighted by molar-refractivity contribution is 0.307. The number of fused-ring (bicyclic) bond motifs is 3. The third kappa shape index (κ3) is 2.92. The van der Waals surface area contributed by atoms with Crippen LogP contribution in [0.3, 0.4) is 0 Å². The molecule has 3 aliphatic rings. The van der Waals surface area contributed by atoms with Crippen molar-refractivity contribution in [1.82, 2.24) is 19.4 Å². The molecule has 4 N–H and O–H groups in total. The molecule has 26 heavy (non-hydrogen) atoms. The second kappa shape index (κ2) is 5.81. The van der Waals surface area contributed by atoms with Crippen LogP contribution >= 0.6 is 0 Å². The van der Waals surface area contributed by atoms with Gasteiger partial charge in [-0.1, -0.05) is 0 Å². The first-order valence-corrected chi connectivity index (χ1v) is 10.3. The van der Waals surface area contributed by atoms with Gasteiger partial charge in [0.1, 0.15) is 11.4 Å². The average Bonchev–Trinajstić information content (AvgIpc) is 3.21. The van der Waals surface area contributed by atoms with E-state index in [1.165, 1.54) is 0 Å². The lowest BCUT2D eigenvalue weighted by atomic mass is 9.68. The number of hydrogen-bond donors (Lipinski definition) is 4. The molecule has 10 heteroatoms. The van der Waals surface area contributed by atoms with E-state index >= 15 is 0 Å². The zero-order valence-corrected chi connectivity index (χ0v) is 14.8. The van der Waals surface area contributed by atoms with Crippen molar-refractivity contribution in [2.45, 2.75) is 37.8 Å². The molecule has 0 atom stereocenters. The summed E-state index contributed by atoms with van der Waals surface area (Å²) in [6.07, 6.45) is 6.65. The highest BCUT2D eigenvalue weighted by molar-refractivity contribution is 7.87.